The van der Waals surface area contributed by atoms with E-state index in [0.29, 0.717) is 17.2 Å². The lowest BCUT2D eigenvalue weighted by Crippen LogP contribution is -2.33. The minimum Gasteiger partial charge on any atom is -0.342 e. The molecule has 0 aromatic heterocycles. The van der Waals surface area contributed by atoms with E-state index in [4.69, 9.17) is 0 Å². The molecule has 2 fully saturated rings. The molecule has 1 amide bonds. The first-order chi connectivity index (χ1) is 6.58. The Hall–Kier alpha value is -0.530. The van der Waals surface area contributed by atoms with Crippen LogP contribution in [0.4, 0.5) is 0 Å². The molecule has 1 aliphatic carbocycles. The molecule has 1 aliphatic heterocycles. The Kier molecular flexibility index (Phi) is 2.54. The predicted molar refractivity (Wildman–Crippen MR) is 56.9 cm³/mol. The summed E-state index contributed by atoms with van der Waals surface area (Å²) in [6.45, 7) is 6.62. The lowest BCUT2D eigenvalue weighted by molar-refractivity contribution is -0.132. The molecule has 2 heteroatoms. The second-order valence-electron chi connectivity index (χ2n) is 5.62. The first-order valence-corrected chi connectivity index (χ1v) is 5.87. The van der Waals surface area contributed by atoms with Gasteiger partial charge in [-0.25, -0.2) is 0 Å². The first kappa shape index (κ1) is 10.0. The maximum atomic E-state index is 11.9. The molecule has 0 N–H and O–H groups in total. The fourth-order valence-corrected chi connectivity index (χ4v) is 2.23. The Morgan fingerprint density at radius 1 is 1.21 bits per heavy atom. The van der Waals surface area contributed by atoms with Crippen LogP contribution >= 0.6 is 0 Å². The van der Waals surface area contributed by atoms with Gasteiger partial charge in [-0.2, -0.15) is 0 Å². The van der Waals surface area contributed by atoms with Crippen LogP contribution in [0.25, 0.3) is 0 Å². The van der Waals surface area contributed by atoms with Gasteiger partial charge in [0.15, 0.2) is 0 Å². The molecule has 80 valence electrons. The van der Waals surface area contributed by atoms with Crippen molar-refractivity contribution in [3.8, 4) is 0 Å². The molecule has 1 heterocycles. The van der Waals surface area contributed by atoms with Gasteiger partial charge < -0.3 is 4.90 Å². The van der Waals surface area contributed by atoms with Gasteiger partial charge >= 0.3 is 0 Å². The Morgan fingerprint density at radius 2 is 1.93 bits per heavy atom. The number of carbonyl (C=O) groups excluding carboxylic acids is 1. The van der Waals surface area contributed by atoms with Crippen molar-refractivity contribution in [3.63, 3.8) is 0 Å². The van der Waals surface area contributed by atoms with E-state index in [1.165, 1.54) is 19.3 Å². The van der Waals surface area contributed by atoms with Crippen LogP contribution in [-0.4, -0.2) is 23.9 Å². The van der Waals surface area contributed by atoms with E-state index >= 15 is 0 Å². The van der Waals surface area contributed by atoms with Crippen molar-refractivity contribution in [3.05, 3.63) is 0 Å². The second kappa shape index (κ2) is 3.56. The van der Waals surface area contributed by atoms with E-state index in [-0.39, 0.29) is 0 Å². The summed E-state index contributed by atoms with van der Waals surface area (Å²) in [5.41, 5.74) is 0.443. The Bertz CT molecular complexity index is 230. The van der Waals surface area contributed by atoms with Crippen molar-refractivity contribution >= 4 is 5.91 Å². The third-order valence-electron chi connectivity index (χ3n) is 3.58. The fraction of sp³-hybridized carbons (Fsp3) is 0.917. The zero-order chi connectivity index (χ0) is 10.2. The highest BCUT2D eigenvalue weighted by Crippen LogP contribution is 2.34. The number of rotatable bonds is 1. The van der Waals surface area contributed by atoms with Gasteiger partial charge in [-0.05, 0) is 37.5 Å². The van der Waals surface area contributed by atoms with Gasteiger partial charge in [0.1, 0.15) is 0 Å². The minimum absolute atomic E-state index is 0.399. The zero-order valence-corrected chi connectivity index (χ0v) is 9.38. The molecule has 0 aromatic rings. The van der Waals surface area contributed by atoms with E-state index in [2.05, 4.69) is 18.7 Å². The van der Waals surface area contributed by atoms with Crippen LogP contribution < -0.4 is 0 Å². The van der Waals surface area contributed by atoms with Gasteiger partial charge in [0.25, 0.3) is 0 Å². The molecular weight excluding hydrogens is 174 g/mol. The molecule has 0 aromatic carbocycles. The van der Waals surface area contributed by atoms with Gasteiger partial charge in [0.2, 0.25) is 5.91 Å². The van der Waals surface area contributed by atoms with E-state index in [1.54, 1.807) is 0 Å². The monoisotopic (exact) mass is 195 g/mol. The molecule has 2 rings (SSSR count). The largest absolute Gasteiger partial charge is 0.342 e. The van der Waals surface area contributed by atoms with E-state index < -0.39 is 0 Å². The van der Waals surface area contributed by atoms with E-state index in [1.807, 2.05) is 0 Å². The zero-order valence-electron chi connectivity index (χ0n) is 9.38. The summed E-state index contributed by atoms with van der Waals surface area (Å²) >= 11 is 0. The third-order valence-corrected chi connectivity index (χ3v) is 3.58. The quantitative estimate of drug-likeness (QED) is 0.629. The van der Waals surface area contributed by atoms with E-state index in [0.717, 1.165) is 25.9 Å². The minimum atomic E-state index is 0.399. The van der Waals surface area contributed by atoms with Gasteiger partial charge in [0.05, 0.1) is 0 Å². The fourth-order valence-electron chi connectivity index (χ4n) is 2.23. The molecule has 0 radical (unpaired) electrons. The Morgan fingerprint density at radius 3 is 2.57 bits per heavy atom. The molecule has 0 bridgehead atoms. The normalized spacial score (nSPS) is 27.1. The van der Waals surface area contributed by atoms with Crippen molar-refractivity contribution < 1.29 is 4.79 Å². The molecule has 1 saturated carbocycles. The molecule has 0 spiro atoms. The first-order valence-electron chi connectivity index (χ1n) is 5.87. The van der Waals surface area contributed by atoms with Crippen LogP contribution in [0.3, 0.4) is 0 Å². The highest BCUT2D eigenvalue weighted by atomic mass is 16.2. The molecule has 2 aliphatic rings. The predicted octanol–water partition coefficient (Wildman–Crippen LogP) is 2.44. The van der Waals surface area contributed by atoms with Crippen LogP contribution in [0.15, 0.2) is 0 Å². The topological polar surface area (TPSA) is 20.3 Å². The summed E-state index contributed by atoms with van der Waals surface area (Å²) in [6, 6.07) is 0. The highest BCUT2D eigenvalue weighted by molar-refractivity contribution is 5.81. The van der Waals surface area contributed by atoms with Gasteiger partial charge in [-0.1, -0.05) is 13.8 Å². The summed E-state index contributed by atoms with van der Waals surface area (Å²) in [4.78, 5) is 14.0. The van der Waals surface area contributed by atoms with Crippen LogP contribution in [0.5, 0.6) is 0 Å². The summed E-state index contributed by atoms with van der Waals surface area (Å²) in [6.07, 6.45) is 5.90. The van der Waals surface area contributed by atoms with Crippen molar-refractivity contribution in [1.82, 2.24) is 4.90 Å². The average molecular weight is 195 g/mol. The third kappa shape index (κ3) is 2.28. The molecule has 1 saturated heterocycles. The lowest BCUT2D eigenvalue weighted by atomic mass is 9.85. The van der Waals surface area contributed by atoms with Gasteiger partial charge in [0, 0.05) is 19.0 Å². The van der Waals surface area contributed by atoms with Crippen LogP contribution in [0.2, 0.25) is 0 Å². The molecular formula is C12H21NO. The number of hydrogen-bond acceptors (Lipinski definition) is 1. The number of likely N-dealkylation sites (tertiary alicyclic amines) is 1. The highest BCUT2D eigenvalue weighted by Gasteiger charge is 2.34. The summed E-state index contributed by atoms with van der Waals surface area (Å²) in [5.74, 6) is 0.832. The molecule has 0 unspecified atom stereocenters. The summed E-state index contributed by atoms with van der Waals surface area (Å²) < 4.78 is 0. The summed E-state index contributed by atoms with van der Waals surface area (Å²) in [5, 5.41) is 0. The van der Waals surface area contributed by atoms with Gasteiger partial charge in [-0.15, -0.1) is 0 Å². The number of carbonyl (C=O) groups is 1. The van der Waals surface area contributed by atoms with Crippen LogP contribution in [0.1, 0.15) is 46.0 Å². The van der Waals surface area contributed by atoms with Gasteiger partial charge in [-0.3, -0.25) is 4.79 Å². The van der Waals surface area contributed by atoms with Crippen molar-refractivity contribution in [2.75, 3.05) is 13.1 Å². The molecule has 14 heavy (non-hydrogen) atoms. The standard InChI is InChI=1S/C12H21NO/c1-12(2)6-3-8-13(9-7-12)11(14)10-4-5-10/h10H,3-9H2,1-2H3. The summed E-state index contributed by atoms with van der Waals surface area (Å²) in [7, 11) is 0. The Balaban J connectivity index is 1.91. The SMILES string of the molecule is CC1(C)CCCN(C(=O)C2CC2)CC1. The maximum Gasteiger partial charge on any atom is 0.225 e. The van der Waals surface area contributed by atoms with Crippen LogP contribution in [-0.2, 0) is 4.79 Å². The smallest absolute Gasteiger partial charge is 0.225 e. The van der Waals surface area contributed by atoms with E-state index in [9.17, 15) is 4.79 Å². The van der Waals surface area contributed by atoms with Crippen molar-refractivity contribution in [2.24, 2.45) is 11.3 Å². The van der Waals surface area contributed by atoms with Crippen molar-refractivity contribution in [2.45, 2.75) is 46.0 Å². The Labute approximate surface area is 86.7 Å². The average Bonchev–Trinajstić information content (AvgIpc) is 2.90. The van der Waals surface area contributed by atoms with Crippen LogP contribution in [0, 0.1) is 11.3 Å². The molecule has 2 nitrogen and oxygen atoms in total. The maximum absolute atomic E-state index is 11.9. The number of nitrogens with zero attached hydrogens (tertiary/aromatic N) is 1. The number of amides is 1. The second-order valence-corrected chi connectivity index (χ2v) is 5.62. The lowest BCUT2D eigenvalue weighted by Gasteiger charge is -2.23. The van der Waals surface area contributed by atoms with Crippen molar-refractivity contribution in [1.29, 1.82) is 0 Å². The molecule has 0 atom stereocenters. The number of hydrogen-bond donors (Lipinski definition) is 0.